The second-order valence-electron chi connectivity index (χ2n) is 12.2. The molecule has 0 N–H and O–H groups in total. The van der Waals surface area contributed by atoms with Gasteiger partial charge in [-0.1, -0.05) is 90.0 Å². The Balaban J connectivity index is 0. The maximum Gasteiger partial charge on any atom is 4.00 e. The Labute approximate surface area is 210 Å². The number of hydrogen-bond acceptors (Lipinski definition) is 1. The van der Waals surface area contributed by atoms with Gasteiger partial charge in [-0.05, 0) is 54.3 Å². The molecule has 0 aromatic carbocycles. The van der Waals surface area contributed by atoms with Gasteiger partial charge in [-0.15, -0.1) is 11.1 Å². The Morgan fingerprint density at radius 3 is 1.06 bits per heavy atom. The van der Waals surface area contributed by atoms with Crippen LogP contribution in [0.5, 0.6) is 0 Å². The van der Waals surface area contributed by atoms with Crippen molar-refractivity contribution in [3.8, 4) is 0 Å². The molecule has 0 amide bonds. The van der Waals surface area contributed by atoms with Crippen LogP contribution < -0.4 is 0 Å². The fourth-order valence-electron chi connectivity index (χ4n) is 4.70. The molecule has 2 aliphatic carbocycles. The van der Waals surface area contributed by atoms with Crippen molar-refractivity contribution < 1.29 is 21.7 Å². The van der Waals surface area contributed by atoms with Crippen LogP contribution >= 0.6 is 0 Å². The summed E-state index contributed by atoms with van der Waals surface area (Å²) in [5, 5.41) is 16.0. The second-order valence-corrected chi connectivity index (χ2v) is 12.2. The smallest absolute Gasteiger partial charge is 0.684 e. The zero-order chi connectivity index (χ0) is 24.0. The molecule has 0 radical (unpaired) electrons. The van der Waals surface area contributed by atoms with E-state index in [0.717, 1.165) is 42.4 Å². The van der Waals surface area contributed by atoms with Gasteiger partial charge in [0.2, 0.25) is 0 Å². The quantitative estimate of drug-likeness (QED) is 0.304. The molecule has 31 heavy (non-hydrogen) atoms. The first-order valence-electron chi connectivity index (χ1n) is 11.9. The second kappa shape index (κ2) is 13.3. The standard InChI is InChI=1S/C16H30N2.C10H20.CN.Ti/c1-11(2)12-9-13(17-15(3,4)5)14(10-12)18-16(6,7)8;1-6-7(2)9(4)10(5)8(6)3;1-2;/h11-12H,9-10H2,1-8H3;6-10H,1-5H3;;/q-2;;-1;+4. The monoisotopic (exact) mass is 464 g/mol. The van der Waals surface area contributed by atoms with Gasteiger partial charge in [0.05, 0.1) is 0 Å². The van der Waals surface area contributed by atoms with Crippen LogP contribution in [-0.2, 0) is 21.7 Å². The normalized spacial score (nSPS) is 28.8. The van der Waals surface area contributed by atoms with Gasteiger partial charge >= 0.3 is 21.7 Å². The average molecular weight is 465 g/mol. The summed E-state index contributed by atoms with van der Waals surface area (Å²) in [6.07, 6.45) is 2.20. The predicted molar refractivity (Wildman–Crippen MR) is 132 cm³/mol. The van der Waals surface area contributed by atoms with Crippen molar-refractivity contribution in [2.45, 2.75) is 114 Å². The molecule has 0 spiro atoms. The van der Waals surface area contributed by atoms with Crippen LogP contribution in [0.3, 0.4) is 0 Å². The fraction of sp³-hybridized carbons (Fsp3) is 0.889. The summed E-state index contributed by atoms with van der Waals surface area (Å²) in [5.74, 6) is 6.10. The van der Waals surface area contributed by atoms with Crippen LogP contribution in [0.1, 0.15) is 103 Å². The Bertz CT molecular complexity index is 492. The minimum atomic E-state index is -0.000142. The van der Waals surface area contributed by atoms with Crippen LogP contribution in [0.4, 0.5) is 0 Å². The van der Waals surface area contributed by atoms with Crippen molar-refractivity contribution in [3.05, 3.63) is 28.6 Å². The van der Waals surface area contributed by atoms with Crippen LogP contribution in [0, 0.1) is 53.3 Å². The van der Waals surface area contributed by atoms with Crippen molar-refractivity contribution >= 4 is 0 Å². The molecule has 0 aliphatic heterocycles. The minimum Gasteiger partial charge on any atom is -0.684 e. The topological polar surface area (TPSA) is 52.0 Å². The maximum atomic E-state index is 6.25. The van der Waals surface area contributed by atoms with Crippen LogP contribution in [0.2, 0.25) is 0 Å². The van der Waals surface area contributed by atoms with E-state index in [0.29, 0.717) is 11.8 Å². The van der Waals surface area contributed by atoms with Crippen molar-refractivity contribution in [1.29, 1.82) is 5.26 Å². The first kappa shape index (κ1) is 32.7. The van der Waals surface area contributed by atoms with E-state index in [1.54, 1.807) is 0 Å². The van der Waals surface area contributed by atoms with Crippen molar-refractivity contribution in [1.82, 2.24) is 0 Å². The molecule has 4 heteroatoms. The molecule has 2 aliphatic rings. The predicted octanol–water partition coefficient (Wildman–Crippen LogP) is 8.88. The molecule has 1 fully saturated rings. The average Bonchev–Trinajstić information content (AvgIpc) is 3.06. The van der Waals surface area contributed by atoms with Gasteiger partial charge in [-0.3, -0.25) is 0 Å². The third kappa shape index (κ3) is 10.8. The van der Waals surface area contributed by atoms with Gasteiger partial charge in [-0.2, -0.15) is 11.4 Å². The molecule has 0 aromatic rings. The zero-order valence-electron chi connectivity index (χ0n) is 22.8. The molecule has 1 saturated carbocycles. The summed E-state index contributed by atoms with van der Waals surface area (Å²) in [5.41, 5.74) is 2.49. The molecule has 176 valence electrons. The summed E-state index contributed by atoms with van der Waals surface area (Å²) in [6, 6.07) is 0. The van der Waals surface area contributed by atoms with Crippen LogP contribution in [-0.4, -0.2) is 11.1 Å². The van der Waals surface area contributed by atoms with E-state index < -0.39 is 0 Å². The Morgan fingerprint density at radius 1 is 0.677 bits per heavy atom. The van der Waals surface area contributed by atoms with Crippen LogP contribution in [0.25, 0.3) is 10.6 Å². The molecule has 0 bridgehead atoms. The van der Waals surface area contributed by atoms with E-state index in [-0.39, 0.29) is 32.8 Å². The zero-order valence-corrected chi connectivity index (χ0v) is 24.4. The van der Waals surface area contributed by atoms with Crippen LogP contribution in [0.15, 0.2) is 11.4 Å². The molecular formula is C27H50N3Ti+. The summed E-state index contributed by atoms with van der Waals surface area (Å²) in [4.78, 5) is 0. The van der Waals surface area contributed by atoms with E-state index in [9.17, 15) is 0 Å². The van der Waals surface area contributed by atoms with E-state index in [4.69, 9.17) is 22.5 Å². The van der Waals surface area contributed by atoms with E-state index in [1.807, 2.05) is 0 Å². The van der Waals surface area contributed by atoms with E-state index >= 15 is 0 Å². The first-order chi connectivity index (χ1) is 13.5. The number of nitrogens with zero attached hydrogens (tertiary/aromatic N) is 3. The molecule has 0 unspecified atom stereocenters. The van der Waals surface area contributed by atoms with Crippen molar-refractivity contribution in [2.24, 2.45) is 41.4 Å². The van der Waals surface area contributed by atoms with Crippen molar-refractivity contribution in [3.63, 3.8) is 0 Å². The van der Waals surface area contributed by atoms with Crippen molar-refractivity contribution in [2.75, 3.05) is 0 Å². The van der Waals surface area contributed by atoms with Gasteiger partial charge in [0.15, 0.2) is 0 Å². The number of hydrogen-bond donors (Lipinski definition) is 0. The summed E-state index contributed by atoms with van der Waals surface area (Å²) >= 11 is 0. The Kier molecular flexibility index (Phi) is 14.0. The molecule has 3 nitrogen and oxygen atoms in total. The first-order valence-corrected chi connectivity index (χ1v) is 11.9. The third-order valence-electron chi connectivity index (χ3n) is 7.27. The molecule has 0 saturated heterocycles. The van der Waals surface area contributed by atoms with Gasteiger partial charge in [0.1, 0.15) is 0 Å². The van der Waals surface area contributed by atoms with Gasteiger partial charge in [-0.25, -0.2) is 0 Å². The summed E-state index contributed by atoms with van der Waals surface area (Å²) in [6.45, 7) is 34.3. The molecule has 0 atom stereocenters. The van der Waals surface area contributed by atoms with E-state index in [2.05, 4.69) is 90.0 Å². The van der Waals surface area contributed by atoms with Gasteiger partial charge in [0, 0.05) is 0 Å². The largest absolute Gasteiger partial charge is 4.00 e. The summed E-state index contributed by atoms with van der Waals surface area (Å²) < 4.78 is 0. The Hall–Kier alpha value is -0.456. The third-order valence-corrected chi connectivity index (χ3v) is 7.27. The number of allylic oxidation sites excluding steroid dienone is 2. The minimum absolute atomic E-state index is 0. The van der Waals surface area contributed by atoms with E-state index in [1.165, 1.54) is 11.4 Å². The molecule has 2 rings (SSSR count). The molecule has 0 aromatic heterocycles. The fourth-order valence-corrected chi connectivity index (χ4v) is 4.70. The maximum absolute atomic E-state index is 6.25. The Morgan fingerprint density at radius 2 is 0.903 bits per heavy atom. The van der Waals surface area contributed by atoms with Gasteiger partial charge in [0.25, 0.3) is 0 Å². The molecular weight excluding hydrogens is 414 g/mol. The summed E-state index contributed by atoms with van der Waals surface area (Å²) in [7, 11) is 0. The number of rotatable bonds is 3. The molecule has 0 heterocycles. The SMILES string of the molecule is CC(C)C1CC([N-]C(C)(C)C)=C([N-]C(C)(C)C)C1.CC1C(C)C(C)C(C)C1C.[C-]#N.[Ti+4]. The van der Waals surface area contributed by atoms with Gasteiger partial charge < -0.3 is 22.5 Å².